The zero-order chi connectivity index (χ0) is 21.9. The van der Waals surface area contributed by atoms with Crippen molar-refractivity contribution >= 4 is 18.6 Å². The third kappa shape index (κ3) is 5.01. The van der Waals surface area contributed by atoms with Crippen molar-refractivity contribution < 1.29 is 13.2 Å². The van der Waals surface area contributed by atoms with Crippen LogP contribution in [0.2, 0.25) is 0 Å². The molecule has 0 saturated carbocycles. The van der Waals surface area contributed by atoms with Crippen LogP contribution in [0.15, 0.2) is 49.2 Å². The number of pyridine rings is 1. The molecule has 0 saturated heterocycles. The highest BCUT2D eigenvalue weighted by Crippen LogP contribution is 2.36. The van der Waals surface area contributed by atoms with Gasteiger partial charge in [0.25, 0.3) is 0 Å². The van der Waals surface area contributed by atoms with E-state index in [1.807, 2.05) is 11.0 Å². The van der Waals surface area contributed by atoms with Gasteiger partial charge in [-0.05, 0) is 61.9 Å². The number of alkyl halides is 3. The quantitative estimate of drug-likeness (QED) is 0.419. The summed E-state index contributed by atoms with van der Waals surface area (Å²) in [5.41, 5.74) is 2.80. The summed E-state index contributed by atoms with van der Waals surface area (Å²) in [5.74, 6) is 0.908. The van der Waals surface area contributed by atoms with Gasteiger partial charge in [0.1, 0.15) is 5.82 Å². The van der Waals surface area contributed by atoms with Crippen molar-refractivity contribution in [1.29, 1.82) is 0 Å². The van der Waals surface area contributed by atoms with Crippen LogP contribution in [0.25, 0.3) is 0 Å². The normalized spacial score (nSPS) is 16.4. The fourth-order valence-electron chi connectivity index (χ4n) is 4.24. The molecule has 1 unspecified atom stereocenters. The van der Waals surface area contributed by atoms with Crippen LogP contribution < -0.4 is 9.62 Å². The van der Waals surface area contributed by atoms with Crippen LogP contribution in [0.1, 0.15) is 48.4 Å². The number of hydrogen-bond acceptors (Lipinski definition) is 4. The second-order valence-electron chi connectivity index (χ2n) is 8.37. The Kier molecular flexibility index (Phi) is 6.82. The number of aryl methyl sites for hydroxylation is 1. The summed E-state index contributed by atoms with van der Waals surface area (Å²) in [6.45, 7) is 9.27. The first-order chi connectivity index (χ1) is 14.2. The number of halogens is 3. The summed E-state index contributed by atoms with van der Waals surface area (Å²) in [7, 11) is 0. The van der Waals surface area contributed by atoms with E-state index in [1.54, 1.807) is 0 Å². The third-order valence-corrected chi connectivity index (χ3v) is 6.01. The van der Waals surface area contributed by atoms with Gasteiger partial charge in [0, 0.05) is 30.7 Å². The number of benzene rings is 1. The number of hydrogen-bond donors (Lipinski definition) is 2. The Labute approximate surface area is 181 Å². The van der Waals surface area contributed by atoms with E-state index in [9.17, 15) is 13.2 Å². The molecule has 1 aliphatic rings. The predicted molar refractivity (Wildman–Crippen MR) is 119 cm³/mol. The molecule has 0 amide bonds. The van der Waals surface area contributed by atoms with Gasteiger partial charge in [-0.25, -0.2) is 4.98 Å². The molecule has 2 aromatic rings. The minimum atomic E-state index is -4.40. The average Bonchev–Trinajstić information content (AvgIpc) is 3.10. The van der Waals surface area contributed by atoms with Crippen molar-refractivity contribution in [2.75, 3.05) is 18.0 Å². The SMILES string of the molecule is C=CC1CCc2ccc(CC(C)(C)N(CCNS)c3ccc(C(F)(F)F)cn3)cc21. The monoisotopic (exact) mass is 435 g/mol. The Balaban J connectivity index is 1.87. The maximum absolute atomic E-state index is 12.9. The molecule has 1 heterocycles. The largest absolute Gasteiger partial charge is 0.417 e. The molecular weight excluding hydrogens is 407 g/mol. The molecule has 1 aromatic heterocycles. The molecule has 1 aliphatic carbocycles. The lowest BCUT2D eigenvalue weighted by Crippen LogP contribution is -2.48. The van der Waals surface area contributed by atoms with E-state index >= 15 is 0 Å². The molecule has 0 fully saturated rings. The van der Waals surface area contributed by atoms with Crippen molar-refractivity contribution in [3.63, 3.8) is 0 Å². The molecular formula is C23H28F3N3S. The van der Waals surface area contributed by atoms with Crippen LogP contribution >= 0.6 is 12.8 Å². The zero-order valence-electron chi connectivity index (χ0n) is 17.3. The Morgan fingerprint density at radius 1 is 1.27 bits per heavy atom. The minimum absolute atomic E-state index is 0.367. The number of fused-ring (bicyclic) bond motifs is 1. The topological polar surface area (TPSA) is 28.2 Å². The van der Waals surface area contributed by atoms with Crippen molar-refractivity contribution in [3.8, 4) is 0 Å². The van der Waals surface area contributed by atoms with Gasteiger partial charge in [-0.15, -0.1) is 6.58 Å². The van der Waals surface area contributed by atoms with Crippen LogP contribution in [0.3, 0.4) is 0 Å². The summed E-state index contributed by atoms with van der Waals surface area (Å²) >= 11 is 4.07. The summed E-state index contributed by atoms with van der Waals surface area (Å²) in [4.78, 5) is 6.17. The summed E-state index contributed by atoms with van der Waals surface area (Å²) in [5, 5.41) is 0. The van der Waals surface area contributed by atoms with Gasteiger partial charge < -0.3 is 4.90 Å². The summed E-state index contributed by atoms with van der Waals surface area (Å²) in [6, 6.07) is 9.14. The van der Waals surface area contributed by atoms with Gasteiger partial charge in [-0.2, -0.15) is 13.2 Å². The Hall–Kier alpha value is -1.99. The van der Waals surface area contributed by atoms with E-state index in [4.69, 9.17) is 0 Å². The molecule has 30 heavy (non-hydrogen) atoms. The number of nitrogens with zero attached hydrogens (tertiary/aromatic N) is 2. The number of anilines is 1. The van der Waals surface area contributed by atoms with Crippen molar-refractivity contribution in [2.45, 2.75) is 50.7 Å². The molecule has 3 nitrogen and oxygen atoms in total. The second kappa shape index (κ2) is 9.02. The highest BCUT2D eigenvalue weighted by atomic mass is 32.1. The van der Waals surface area contributed by atoms with Gasteiger partial charge >= 0.3 is 6.18 Å². The number of thiol groups is 1. The first-order valence-electron chi connectivity index (χ1n) is 10.1. The molecule has 7 heteroatoms. The maximum Gasteiger partial charge on any atom is 0.417 e. The third-order valence-electron chi connectivity index (χ3n) is 5.79. The van der Waals surface area contributed by atoms with Crippen molar-refractivity contribution in [3.05, 3.63) is 71.4 Å². The molecule has 0 spiro atoms. The molecule has 1 aromatic carbocycles. The number of rotatable bonds is 8. The predicted octanol–water partition coefficient (Wildman–Crippen LogP) is 5.58. The van der Waals surface area contributed by atoms with Gasteiger partial charge in [-0.3, -0.25) is 4.72 Å². The van der Waals surface area contributed by atoms with Crippen LogP contribution in [-0.2, 0) is 19.0 Å². The van der Waals surface area contributed by atoms with E-state index in [-0.39, 0.29) is 5.54 Å². The van der Waals surface area contributed by atoms with E-state index in [0.717, 1.165) is 31.5 Å². The average molecular weight is 436 g/mol. The van der Waals surface area contributed by atoms with E-state index in [0.29, 0.717) is 24.8 Å². The highest BCUT2D eigenvalue weighted by molar-refractivity contribution is 7.78. The second-order valence-corrected chi connectivity index (χ2v) is 8.68. The van der Waals surface area contributed by atoms with Crippen LogP contribution in [0.4, 0.5) is 19.0 Å². The lowest BCUT2D eigenvalue weighted by Gasteiger charge is -2.40. The molecule has 3 rings (SSSR count). The van der Waals surface area contributed by atoms with Gasteiger partial charge in [-0.1, -0.05) is 37.1 Å². The van der Waals surface area contributed by atoms with Gasteiger partial charge in [0.05, 0.1) is 5.56 Å². The number of nitrogens with one attached hydrogen (secondary N) is 1. The lowest BCUT2D eigenvalue weighted by atomic mass is 9.90. The van der Waals surface area contributed by atoms with E-state index in [1.165, 1.54) is 22.8 Å². The minimum Gasteiger partial charge on any atom is -0.350 e. The smallest absolute Gasteiger partial charge is 0.350 e. The first-order valence-corrected chi connectivity index (χ1v) is 10.5. The molecule has 1 atom stereocenters. The number of aromatic nitrogens is 1. The van der Waals surface area contributed by atoms with E-state index < -0.39 is 11.7 Å². The summed E-state index contributed by atoms with van der Waals surface area (Å²) < 4.78 is 41.6. The number of allylic oxidation sites excluding steroid dienone is 1. The first kappa shape index (κ1) is 22.7. The van der Waals surface area contributed by atoms with E-state index in [2.05, 4.69) is 61.1 Å². The zero-order valence-corrected chi connectivity index (χ0v) is 18.2. The van der Waals surface area contributed by atoms with Crippen LogP contribution in [-0.4, -0.2) is 23.6 Å². The van der Waals surface area contributed by atoms with Crippen LogP contribution in [0.5, 0.6) is 0 Å². The Morgan fingerprint density at radius 3 is 2.63 bits per heavy atom. The Morgan fingerprint density at radius 2 is 2.03 bits per heavy atom. The maximum atomic E-state index is 12.9. The molecule has 0 aliphatic heterocycles. The molecule has 162 valence electrons. The molecule has 0 radical (unpaired) electrons. The Bertz CT molecular complexity index is 878. The van der Waals surface area contributed by atoms with Crippen molar-refractivity contribution in [1.82, 2.24) is 9.71 Å². The summed E-state index contributed by atoms with van der Waals surface area (Å²) in [6.07, 6.45) is 1.42. The fraction of sp³-hybridized carbons (Fsp3) is 0.435. The molecule has 0 bridgehead atoms. The molecule has 1 N–H and O–H groups in total. The van der Waals surface area contributed by atoms with Crippen molar-refractivity contribution in [2.24, 2.45) is 0 Å². The van der Waals surface area contributed by atoms with Crippen LogP contribution in [0, 0.1) is 0 Å². The van der Waals surface area contributed by atoms with Gasteiger partial charge in [0.2, 0.25) is 0 Å². The van der Waals surface area contributed by atoms with Gasteiger partial charge in [0.15, 0.2) is 0 Å². The standard InChI is InChI=1S/C23H28F3N3S/c1-4-17-7-8-18-6-5-16(13-20(17)18)14-22(2,3)29(12-11-28-30)21-10-9-19(15-27-21)23(24,25)26/h4-6,9-10,13,15,17,28,30H,1,7-8,11-12,14H2,2-3H3. The lowest BCUT2D eigenvalue weighted by molar-refractivity contribution is -0.137. The fourth-order valence-corrected chi connectivity index (χ4v) is 4.34. The highest BCUT2D eigenvalue weighted by Gasteiger charge is 2.33.